The van der Waals surface area contributed by atoms with Crippen molar-refractivity contribution in [3.63, 3.8) is 0 Å². The lowest BCUT2D eigenvalue weighted by molar-refractivity contribution is -0.133. The lowest BCUT2D eigenvalue weighted by Crippen LogP contribution is -2.41. The first-order valence-electron chi connectivity index (χ1n) is 9.53. The number of imide groups is 1. The number of rotatable bonds is 7. The molecule has 31 heavy (non-hydrogen) atoms. The number of hydrogen-bond acceptors (Lipinski definition) is 6. The molecule has 1 fully saturated rings. The Morgan fingerprint density at radius 2 is 1.87 bits per heavy atom. The number of anilines is 1. The Balaban J connectivity index is 1.68. The van der Waals surface area contributed by atoms with Gasteiger partial charge in [0.15, 0.2) is 5.54 Å². The standard InChI is InChI=1S/C20H24N4O5S2/c1-13(2)23(4)31(28,29)15-9-7-14(8-10-15)21-17(25)12-24-18(26)20(3,22-19(24)27)16-6-5-11-30-16/h5-11,13H,12H2,1-4H3,(H,21,25)(H,22,27). The van der Waals surface area contributed by atoms with Crippen molar-refractivity contribution in [2.45, 2.75) is 37.2 Å². The normalized spacial score (nSPS) is 19.2. The molecular formula is C20H24N4O5S2. The molecule has 1 aliphatic rings. The van der Waals surface area contributed by atoms with Gasteiger partial charge in [-0.1, -0.05) is 6.07 Å². The summed E-state index contributed by atoms with van der Waals surface area (Å²) < 4.78 is 26.3. The van der Waals surface area contributed by atoms with Crippen LogP contribution in [0.25, 0.3) is 0 Å². The van der Waals surface area contributed by atoms with E-state index in [0.29, 0.717) is 10.6 Å². The third kappa shape index (κ3) is 4.34. The minimum atomic E-state index is -3.64. The van der Waals surface area contributed by atoms with E-state index in [0.717, 1.165) is 4.90 Å². The van der Waals surface area contributed by atoms with Gasteiger partial charge >= 0.3 is 6.03 Å². The van der Waals surface area contributed by atoms with E-state index in [-0.39, 0.29) is 10.9 Å². The van der Waals surface area contributed by atoms with Crippen molar-refractivity contribution in [1.29, 1.82) is 0 Å². The number of nitrogens with one attached hydrogen (secondary N) is 2. The van der Waals surface area contributed by atoms with Gasteiger partial charge < -0.3 is 10.6 Å². The first kappa shape index (κ1) is 22.9. The summed E-state index contributed by atoms with van der Waals surface area (Å²) >= 11 is 1.34. The maximum absolute atomic E-state index is 12.8. The van der Waals surface area contributed by atoms with Gasteiger partial charge in [-0.2, -0.15) is 4.31 Å². The van der Waals surface area contributed by atoms with Crippen molar-refractivity contribution in [2.24, 2.45) is 0 Å². The Morgan fingerprint density at radius 3 is 2.42 bits per heavy atom. The molecule has 1 atom stereocenters. The molecule has 1 aliphatic heterocycles. The second-order valence-corrected chi connectivity index (χ2v) is 10.6. The summed E-state index contributed by atoms with van der Waals surface area (Å²) in [6.07, 6.45) is 0. The van der Waals surface area contributed by atoms with Crippen molar-refractivity contribution in [1.82, 2.24) is 14.5 Å². The predicted octanol–water partition coefficient (Wildman–Crippen LogP) is 2.18. The molecule has 0 spiro atoms. The number of hydrogen-bond donors (Lipinski definition) is 2. The largest absolute Gasteiger partial charge is 0.325 e. The first-order chi connectivity index (χ1) is 14.5. The van der Waals surface area contributed by atoms with Crippen LogP contribution in [-0.2, 0) is 25.2 Å². The molecule has 2 heterocycles. The smallest absolute Gasteiger partial charge is 0.325 e. The predicted molar refractivity (Wildman–Crippen MR) is 117 cm³/mol. The van der Waals surface area contributed by atoms with Crippen LogP contribution < -0.4 is 10.6 Å². The van der Waals surface area contributed by atoms with E-state index in [9.17, 15) is 22.8 Å². The molecule has 3 rings (SSSR count). The van der Waals surface area contributed by atoms with Gasteiger partial charge in [0.25, 0.3) is 5.91 Å². The number of benzene rings is 1. The van der Waals surface area contributed by atoms with Crippen molar-refractivity contribution >= 4 is 44.9 Å². The molecule has 1 unspecified atom stereocenters. The molecular weight excluding hydrogens is 440 g/mol. The van der Waals surface area contributed by atoms with Gasteiger partial charge in [-0.25, -0.2) is 13.2 Å². The molecule has 2 aromatic rings. The number of urea groups is 1. The molecule has 1 saturated heterocycles. The van der Waals surface area contributed by atoms with Gasteiger partial charge in [0, 0.05) is 23.7 Å². The van der Waals surface area contributed by atoms with Crippen LogP contribution >= 0.6 is 11.3 Å². The third-order valence-electron chi connectivity index (χ3n) is 5.13. The molecule has 11 heteroatoms. The van der Waals surface area contributed by atoms with Crippen LogP contribution in [-0.4, -0.2) is 55.1 Å². The zero-order valence-corrected chi connectivity index (χ0v) is 19.2. The Bertz CT molecular complexity index is 1100. The van der Waals surface area contributed by atoms with Gasteiger partial charge in [0.05, 0.1) is 4.90 Å². The molecule has 0 bridgehead atoms. The van der Waals surface area contributed by atoms with Crippen LogP contribution in [0.3, 0.4) is 0 Å². The number of carbonyl (C=O) groups excluding carboxylic acids is 3. The van der Waals surface area contributed by atoms with Crippen molar-refractivity contribution in [2.75, 3.05) is 18.9 Å². The van der Waals surface area contributed by atoms with Gasteiger partial charge in [-0.05, 0) is 56.5 Å². The Kier molecular flexibility index (Phi) is 6.21. The van der Waals surface area contributed by atoms with Crippen LogP contribution in [0.1, 0.15) is 25.6 Å². The lowest BCUT2D eigenvalue weighted by atomic mass is 10.0. The fraction of sp³-hybridized carbons (Fsp3) is 0.350. The Morgan fingerprint density at radius 1 is 1.23 bits per heavy atom. The van der Waals surface area contributed by atoms with Crippen LogP contribution in [0.15, 0.2) is 46.7 Å². The number of thiophene rings is 1. The second kappa shape index (κ2) is 8.40. The van der Waals surface area contributed by atoms with E-state index in [1.807, 2.05) is 0 Å². The van der Waals surface area contributed by atoms with E-state index in [1.165, 1.54) is 47.0 Å². The van der Waals surface area contributed by atoms with Crippen LogP contribution in [0, 0.1) is 0 Å². The zero-order chi connectivity index (χ0) is 23.0. The molecule has 166 valence electrons. The first-order valence-corrected chi connectivity index (χ1v) is 11.8. The number of nitrogens with zero attached hydrogens (tertiary/aromatic N) is 2. The SMILES string of the molecule is CC(C)N(C)S(=O)(=O)c1ccc(NC(=O)CN2C(=O)NC(C)(c3cccs3)C2=O)cc1. The zero-order valence-electron chi connectivity index (χ0n) is 17.6. The summed E-state index contributed by atoms with van der Waals surface area (Å²) in [4.78, 5) is 39.2. The number of carbonyl (C=O) groups is 3. The molecule has 9 nitrogen and oxygen atoms in total. The molecule has 0 radical (unpaired) electrons. The molecule has 4 amide bonds. The van der Waals surface area contributed by atoms with E-state index >= 15 is 0 Å². The van der Waals surface area contributed by atoms with E-state index in [4.69, 9.17) is 0 Å². The average molecular weight is 465 g/mol. The van der Waals surface area contributed by atoms with Gasteiger partial charge in [0.2, 0.25) is 15.9 Å². The van der Waals surface area contributed by atoms with E-state index in [1.54, 1.807) is 38.3 Å². The molecule has 0 aliphatic carbocycles. The maximum Gasteiger partial charge on any atom is 0.325 e. The molecule has 0 saturated carbocycles. The van der Waals surface area contributed by atoms with Gasteiger partial charge in [0.1, 0.15) is 6.54 Å². The third-order valence-corrected chi connectivity index (χ3v) is 8.27. The van der Waals surface area contributed by atoms with Crippen molar-refractivity contribution in [3.8, 4) is 0 Å². The summed E-state index contributed by atoms with van der Waals surface area (Å²) in [5, 5.41) is 7.03. The number of sulfonamides is 1. The monoisotopic (exact) mass is 464 g/mol. The van der Waals surface area contributed by atoms with Crippen molar-refractivity contribution < 1.29 is 22.8 Å². The van der Waals surface area contributed by atoms with Gasteiger partial charge in [-0.15, -0.1) is 11.3 Å². The molecule has 1 aromatic carbocycles. The highest BCUT2D eigenvalue weighted by Gasteiger charge is 2.50. The Labute approximate surface area is 185 Å². The maximum atomic E-state index is 12.8. The fourth-order valence-electron chi connectivity index (χ4n) is 3.07. The Hall–Kier alpha value is -2.76. The topological polar surface area (TPSA) is 116 Å². The fourth-order valence-corrected chi connectivity index (χ4v) is 5.27. The summed E-state index contributed by atoms with van der Waals surface area (Å²) in [5.41, 5.74) is -0.853. The summed E-state index contributed by atoms with van der Waals surface area (Å²) in [5.74, 6) is -1.08. The lowest BCUT2D eigenvalue weighted by Gasteiger charge is -2.21. The number of amides is 4. The van der Waals surface area contributed by atoms with E-state index < -0.39 is 40.0 Å². The summed E-state index contributed by atoms with van der Waals surface area (Å²) in [6, 6.07) is 8.39. The van der Waals surface area contributed by atoms with Crippen molar-refractivity contribution in [3.05, 3.63) is 46.7 Å². The highest BCUT2D eigenvalue weighted by Crippen LogP contribution is 2.31. The quantitative estimate of drug-likeness (QED) is 0.610. The van der Waals surface area contributed by atoms with Crippen LogP contribution in [0.5, 0.6) is 0 Å². The van der Waals surface area contributed by atoms with Crippen LogP contribution in [0.2, 0.25) is 0 Å². The van der Waals surface area contributed by atoms with Gasteiger partial charge in [-0.3, -0.25) is 14.5 Å². The highest BCUT2D eigenvalue weighted by atomic mass is 32.2. The summed E-state index contributed by atoms with van der Waals surface area (Å²) in [7, 11) is -2.14. The van der Waals surface area contributed by atoms with E-state index in [2.05, 4.69) is 10.6 Å². The minimum Gasteiger partial charge on any atom is -0.325 e. The summed E-state index contributed by atoms with van der Waals surface area (Å²) in [6.45, 7) is 4.68. The minimum absolute atomic E-state index is 0.0995. The molecule has 1 aromatic heterocycles. The highest BCUT2D eigenvalue weighted by molar-refractivity contribution is 7.89. The average Bonchev–Trinajstić information content (AvgIpc) is 3.32. The molecule has 2 N–H and O–H groups in total. The second-order valence-electron chi connectivity index (χ2n) is 7.61. The van der Waals surface area contributed by atoms with Crippen LogP contribution in [0.4, 0.5) is 10.5 Å².